The number of nitrogens with zero attached hydrogens (tertiary/aromatic N) is 1. The minimum atomic E-state index is -0.794. The highest BCUT2D eigenvalue weighted by atomic mass is 16.6. The van der Waals surface area contributed by atoms with Crippen molar-refractivity contribution in [3.8, 4) is 11.1 Å². The summed E-state index contributed by atoms with van der Waals surface area (Å²) in [6.07, 6.45) is 0.422. The fourth-order valence-electron chi connectivity index (χ4n) is 3.01. The summed E-state index contributed by atoms with van der Waals surface area (Å²) in [7, 11) is 1.27. The van der Waals surface area contributed by atoms with Gasteiger partial charge in [0.25, 0.3) is 11.6 Å². The molecule has 0 aliphatic carbocycles. The zero-order chi connectivity index (χ0) is 20.8. The molecule has 0 bridgehead atoms. The lowest BCUT2D eigenvalue weighted by Crippen LogP contribution is -2.42. The smallest absolute Gasteiger partial charge is 0.328 e. The number of nitrogens with one attached hydrogen (secondary N) is 1. The van der Waals surface area contributed by atoms with Crippen molar-refractivity contribution < 1.29 is 19.2 Å². The van der Waals surface area contributed by atoms with Crippen LogP contribution in [0.3, 0.4) is 0 Å². The van der Waals surface area contributed by atoms with Crippen LogP contribution in [0, 0.1) is 23.0 Å². The van der Waals surface area contributed by atoms with Gasteiger partial charge in [-0.2, -0.15) is 0 Å². The number of nitro groups is 1. The molecule has 0 heterocycles. The Morgan fingerprint density at radius 3 is 2.39 bits per heavy atom. The molecule has 7 nitrogen and oxygen atoms in total. The SMILES string of the molecule is COC(=O)C(CC(C)C)NC(=O)c1ccc([N+](=O)[O-])cc1-c1ccccc1C. The number of methoxy groups -OCH3 is 1. The van der Waals surface area contributed by atoms with Gasteiger partial charge in [-0.3, -0.25) is 14.9 Å². The Bertz CT molecular complexity index is 892. The largest absolute Gasteiger partial charge is 0.467 e. The third kappa shape index (κ3) is 4.94. The molecule has 0 aliphatic heterocycles. The van der Waals surface area contributed by atoms with Gasteiger partial charge in [-0.05, 0) is 36.5 Å². The Labute approximate surface area is 163 Å². The molecule has 2 rings (SSSR count). The number of rotatable bonds is 7. The number of ether oxygens (including phenoxy) is 1. The summed E-state index contributed by atoms with van der Waals surface area (Å²) < 4.78 is 4.79. The van der Waals surface area contributed by atoms with Gasteiger partial charge < -0.3 is 10.1 Å². The van der Waals surface area contributed by atoms with Crippen LogP contribution in [0.5, 0.6) is 0 Å². The van der Waals surface area contributed by atoms with E-state index in [4.69, 9.17) is 4.74 Å². The molecular formula is C21H24N2O5. The summed E-state index contributed by atoms with van der Waals surface area (Å²) in [6, 6.07) is 10.6. The highest BCUT2D eigenvalue weighted by Crippen LogP contribution is 2.30. The number of amides is 1. The van der Waals surface area contributed by atoms with Crippen molar-refractivity contribution in [2.24, 2.45) is 5.92 Å². The van der Waals surface area contributed by atoms with Crippen molar-refractivity contribution in [2.75, 3.05) is 7.11 Å². The van der Waals surface area contributed by atoms with Crippen molar-refractivity contribution in [2.45, 2.75) is 33.2 Å². The fraction of sp³-hybridized carbons (Fsp3) is 0.333. The van der Waals surface area contributed by atoms with Crippen LogP contribution >= 0.6 is 0 Å². The number of carbonyl (C=O) groups excluding carboxylic acids is 2. The van der Waals surface area contributed by atoms with Crippen molar-refractivity contribution in [3.05, 3.63) is 63.7 Å². The molecule has 0 aliphatic rings. The molecule has 0 aromatic heterocycles. The highest BCUT2D eigenvalue weighted by Gasteiger charge is 2.25. The monoisotopic (exact) mass is 384 g/mol. The summed E-state index contributed by atoms with van der Waals surface area (Å²) >= 11 is 0. The Morgan fingerprint density at radius 2 is 1.82 bits per heavy atom. The third-order valence-corrected chi connectivity index (χ3v) is 4.39. The summed E-state index contributed by atoms with van der Waals surface area (Å²) in [5, 5.41) is 13.9. The number of hydrogen-bond donors (Lipinski definition) is 1. The predicted octanol–water partition coefficient (Wildman–Crippen LogP) is 3.89. The Balaban J connectivity index is 2.49. The number of esters is 1. The van der Waals surface area contributed by atoms with Gasteiger partial charge in [0.1, 0.15) is 6.04 Å². The standard InChI is InChI=1S/C21H24N2O5/c1-13(2)11-19(21(25)28-4)22-20(24)17-10-9-15(23(26)27)12-18(17)16-8-6-5-7-14(16)3/h5-10,12-13,19H,11H2,1-4H3,(H,22,24). The van der Waals surface area contributed by atoms with E-state index in [0.717, 1.165) is 11.1 Å². The second-order valence-corrected chi connectivity index (χ2v) is 6.98. The van der Waals surface area contributed by atoms with E-state index < -0.39 is 22.8 Å². The molecule has 1 amide bonds. The first kappa shape index (κ1) is 21.1. The Kier molecular flexibility index (Phi) is 6.87. The molecule has 0 saturated heterocycles. The molecule has 2 aromatic carbocycles. The van der Waals surface area contributed by atoms with Gasteiger partial charge >= 0.3 is 5.97 Å². The van der Waals surface area contributed by atoms with Gasteiger partial charge in [0, 0.05) is 23.3 Å². The van der Waals surface area contributed by atoms with Crippen molar-refractivity contribution in [1.82, 2.24) is 5.32 Å². The highest BCUT2D eigenvalue weighted by molar-refractivity contribution is 6.03. The van der Waals surface area contributed by atoms with Gasteiger partial charge in [-0.25, -0.2) is 4.79 Å². The van der Waals surface area contributed by atoms with Crippen LogP contribution in [-0.2, 0) is 9.53 Å². The first-order valence-corrected chi connectivity index (χ1v) is 8.97. The molecule has 1 atom stereocenters. The van der Waals surface area contributed by atoms with Gasteiger partial charge in [0.15, 0.2) is 0 Å². The number of non-ortho nitro benzene ring substituents is 1. The summed E-state index contributed by atoms with van der Waals surface area (Å²) in [5.41, 5.74) is 2.19. The maximum Gasteiger partial charge on any atom is 0.328 e. The van der Waals surface area contributed by atoms with Crippen LogP contribution in [-0.4, -0.2) is 30.0 Å². The van der Waals surface area contributed by atoms with E-state index >= 15 is 0 Å². The number of carbonyl (C=O) groups is 2. The van der Waals surface area contributed by atoms with Crippen LogP contribution in [0.2, 0.25) is 0 Å². The van der Waals surface area contributed by atoms with Gasteiger partial charge in [-0.1, -0.05) is 38.1 Å². The lowest BCUT2D eigenvalue weighted by Gasteiger charge is -2.19. The normalized spacial score (nSPS) is 11.8. The fourth-order valence-corrected chi connectivity index (χ4v) is 3.01. The van der Waals surface area contributed by atoms with Crippen LogP contribution in [0.4, 0.5) is 5.69 Å². The summed E-state index contributed by atoms with van der Waals surface area (Å²) in [6.45, 7) is 5.74. The van der Waals surface area contributed by atoms with Gasteiger partial charge in [-0.15, -0.1) is 0 Å². The lowest BCUT2D eigenvalue weighted by atomic mass is 9.94. The minimum Gasteiger partial charge on any atom is -0.467 e. The molecular weight excluding hydrogens is 360 g/mol. The number of aryl methyl sites for hydroxylation is 1. The van der Waals surface area contributed by atoms with Crippen LogP contribution in [0.15, 0.2) is 42.5 Å². The lowest BCUT2D eigenvalue weighted by molar-refractivity contribution is -0.384. The number of benzene rings is 2. The first-order chi connectivity index (χ1) is 13.2. The zero-order valence-corrected chi connectivity index (χ0v) is 16.4. The Morgan fingerprint density at radius 1 is 1.14 bits per heavy atom. The molecule has 1 unspecified atom stereocenters. The van der Waals surface area contributed by atoms with E-state index in [1.807, 2.05) is 32.9 Å². The quantitative estimate of drug-likeness (QED) is 0.444. The van der Waals surface area contributed by atoms with E-state index in [9.17, 15) is 19.7 Å². The molecule has 28 heavy (non-hydrogen) atoms. The summed E-state index contributed by atoms with van der Waals surface area (Å²) in [5.74, 6) is -0.845. The molecule has 1 N–H and O–H groups in total. The van der Waals surface area contributed by atoms with E-state index in [2.05, 4.69) is 5.32 Å². The third-order valence-electron chi connectivity index (χ3n) is 4.39. The molecule has 7 heteroatoms. The molecule has 0 spiro atoms. The van der Waals surface area contributed by atoms with Crippen molar-refractivity contribution >= 4 is 17.6 Å². The zero-order valence-electron chi connectivity index (χ0n) is 16.4. The Hall–Kier alpha value is -3.22. The van der Waals surface area contributed by atoms with Crippen molar-refractivity contribution in [3.63, 3.8) is 0 Å². The molecule has 0 saturated carbocycles. The van der Waals surface area contributed by atoms with Gasteiger partial charge in [0.05, 0.1) is 12.0 Å². The average Bonchev–Trinajstić information content (AvgIpc) is 2.66. The van der Waals surface area contributed by atoms with Crippen LogP contribution in [0.25, 0.3) is 11.1 Å². The number of hydrogen-bond acceptors (Lipinski definition) is 5. The summed E-state index contributed by atoms with van der Waals surface area (Å²) in [4.78, 5) is 35.7. The second-order valence-electron chi connectivity index (χ2n) is 6.98. The molecule has 0 radical (unpaired) electrons. The maximum atomic E-state index is 13.0. The minimum absolute atomic E-state index is 0.110. The maximum absolute atomic E-state index is 13.0. The van der Waals surface area contributed by atoms with Crippen molar-refractivity contribution in [1.29, 1.82) is 0 Å². The van der Waals surface area contributed by atoms with Crippen LogP contribution in [0.1, 0.15) is 36.2 Å². The first-order valence-electron chi connectivity index (χ1n) is 8.97. The van der Waals surface area contributed by atoms with Crippen LogP contribution < -0.4 is 5.32 Å². The van der Waals surface area contributed by atoms with E-state index in [1.165, 1.54) is 25.3 Å². The predicted molar refractivity (Wildman–Crippen MR) is 106 cm³/mol. The second kappa shape index (κ2) is 9.12. The van der Waals surface area contributed by atoms with E-state index in [1.54, 1.807) is 12.1 Å². The topological polar surface area (TPSA) is 98.5 Å². The van der Waals surface area contributed by atoms with Gasteiger partial charge in [0.2, 0.25) is 0 Å². The van der Waals surface area contributed by atoms with E-state index in [-0.39, 0.29) is 17.2 Å². The average molecular weight is 384 g/mol. The molecule has 0 fully saturated rings. The molecule has 2 aromatic rings. The molecule has 148 valence electrons. The number of nitro benzene ring substituents is 1. The van der Waals surface area contributed by atoms with E-state index in [0.29, 0.717) is 12.0 Å².